The van der Waals surface area contributed by atoms with E-state index in [1.54, 1.807) is 12.5 Å². The molecular formula is C27H20F3NO5. The third-order valence-electron chi connectivity index (χ3n) is 6.87. The van der Waals surface area contributed by atoms with Gasteiger partial charge < -0.3 is 23.9 Å². The molecule has 1 spiro atoms. The molecule has 36 heavy (non-hydrogen) atoms. The van der Waals surface area contributed by atoms with Crippen LogP contribution in [0.15, 0.2) is 77.3 Å². The Hall–Kier alpha value is -4.14. The summed E-state index contributed by atoms with van der Waals surface area (Å²) in [5.41, 5.74) is 3.62. The zero-order valence-corrected chi connectivity index (χ0v) is 18.8. The Morgan fingerprint density at radius 2 is 2.03 bits per heavy atom. The van der Waals surface area contributed by atoms with Crippen LogP contribution in [-0.2, 0) is 16.6 Å². The molecule has 184 valence electrons. The number of carbonyl (C=O) groups excluding carboxylic acids is 1. The fraction of sp³-hybridized carbons (Fsp3) is 0.222. The van der Waals surface area contributed by atoms with Crippen molar-refractivity contribution >= 4 is 11.6 Å². The second kappa shape index (κ2) is 7.94. The summed E-state index contributed by atoms with van der Waals surface area (Å²) in [5, 5.41) is 9.15. The second-order valence-electron chi connectivity index (χ2n) is 8.85. The van der Waals surface area contributed by atoms with Crippen molar-refractivity contribution in [1.82, 2.24) is 0 Å². The number of aliphatic hydroxyl groups is 1. The van der Waals surface area contributed by atoms with Crippen LogP contribution in [0.3, 0.4) is 0 Å². The molecule has 0 bridgehead atoms. The summed E-state index contributed by atoms with van der Waals surface area (Å²) in [6, 6.07) is 11.2. The number of rotatable bonds is 4. The number of fused-ring (bicyclic) bond motifs is 5. The zero-order valence-electron chi connectivity index (χ0n) is 18.8. The van der Waals surface area contributed by atoms with Crippen LogP contribution in [0, 0.1) is 0 Å². The SMILES string of the molecule is O=C1N(C/C=C/C=C(\O)C(F)(F)F)c2cccc(-c3ccoc3)c2C12COc1cc3c(cc12)CCO3. The molecule has 6 nitrogen and oxygen atoms in total. The van der Waals surface area contributed by atoms with E-state index in [1.807, 2.05) is 36.4 Å². The third kappa shape index (κ3) is 3.22. The predicted molar refractivity (Wildman–Crippen MR) is 124 cm³/mol. The number of aliphatic hydroxyl groups excluding tert-OH is 1. The fourth-order valence-electron chi connectivity index (χ4n) is 5.23. The Bertz CT molecular complexity index is 1420. The average molecular weight is 495 g/mol. The molecule has 0 fully saturated rings. The summed E-state index contributed by atoms with van der Waals surface area (Å²) < 4.78 is 54.9. The molecule has 3 aliphatic heterocycles. The molecule has 6 rings (SSSR count). The summed E-state index contributed by atoms with van der Waals surface area (Å²) in [7, 11) is 0. The molecule has 2 aromatic carbocycles. The van der Waals surface area contributed by atoms with Crippen LogP contribution in [-0.4, -0.2) is 36.9 Å². The first-order valence-electron chi connectivity index (χ1n) is 11.3. The molecule has 1 unspecified atom stereocenters. The van der Waals surface area contributed by atoms with E-state index in [0.717, 1.165) is 46.1 Å². The van der Waals surface area contributed by atoms with Gasteiger partial charge in [0, 0.05) is 41.4 Å². The van der Waals surface area contributed by atoms with Crippen molar-refractivity contribution in [2.24, 2.45) is 0 Å². The van der Waals surface area contributed by atoms with E-state index in [4.69, 9.17) is 19.0 Å². The van der Waals surface area contributed by atoms with E-state index in [2.05, 4.69) is 0 Å². The van der Waals surface area contributed by atoms with Crippen molar-refractivity contribution in [2.75, 3.05) is 24.7 Å². The highest BCUT2D eigenvalue weighted by Crippen LogP contribution is 2.56. The third-order valence-corrected chi connectivity index (χ3v) is 6.87. The van der Waals surface area contributed by atoms with Gasteiger partial charge in [0.05, 0.1) is 19.1 Å². The summed E-state index contributed by atoms with van der Waals surface area (Å²) in [6.07, 6.45) is 2.11. The Kier molecular flexibility index (Phi) is 4.93. The lowest BCUT2D eigenvalue weighted by molar-refractivity contribution is -0.122. The van der Waals surface area contributed by atoms with Gasteiger partial charge in [-0.1, -0.05) is 24.3 Å². The standard InChI is InChI=1S/C27H20F3NO5/c28-27(29,30)23(32)6-1-2-9-31-20-5-3-4-18(17-7-10-34-14-17)24(20)26(25(31)33)15-36-22-13-21-16(8-11-35-21)12-19(22)26/h1-7,10,12-14,32H,8-9,11,15H2/b2-1+,23-6-. The molecule has 1 N–H and O–H groups in total. The van der Waals surface area contributed by atoms with Gasteiger partial charge in [-0.25, -0.2) is 0 Å². The van der Waals surface area contributed by atoms with Crippen LogP contribution >= 0.6 is 0 Å². The molecule has 0 saturated carbocycles. The highest BCUT2D eigenvalue weighted by molar-refractivity contribution is 6.13. The zero-order chi connectivity index (χ0) is 25.1. The van der Waals surface area contributed by atoms with Crippen LogP contribution in [0.4, 0.5) is 18.9 Å². The van der Waals surface area contributed by atoms with E-state index in [0.29, 0.717) is 24.1 Å². The number of carbonyl (C=O) groups is 1. The number of hydrogen-bond donors (Lipinski definition) is 1. The van der Waals surface area contributed by atoms with Gasteiger partial charge in [-0.3, -0.25) is 4.79 Å². The number of amides is 1. The number of anilines is 1. The van der Waals surface area contributed by atoms with Gasteiger partial charge in [0.2, 0.25) is 5.91 Å². The summed E-state index contributed by atoms with van der Waals surface area (Å²) in [6.45, 7) is 0.652. The molecule has 9 heteroatoms. The largest absolute Gasteiger partial charge is 0.504 e. The van der Waals surface area contributed by atoms with Crippen LogP contribution in [0.25, 0.3) is 11.1 Å². The number of alkyl halides is 3. The highest BCUT2D eigenvalue weighted by atomic mass is 19.4. The number of hydrogen-bond acceptors (Lipinski definition) is 5. The number of allylic oxidation sites excluding steroid dienone is 3. The van der Waals surface area contributed by atoms with Crippen molar-refractivity contribution < 1.29 is 37.0 Å². The van der Waals surface area contributed by atoms with Crippen LogP contribution < -0.4 is 14.4 Å². The summed E-state index contributed by atoms with van der Waals surface area (Å²) in [5.74, 6) is -0.623. The highest BCUT2D eigenvalue weighted by Gasteiger charge is 2.58. The minimum atomic E-state index is -4.83. The lowest BCUT2D eigenvalue weighted by atomic mass is 9.74. The van der Waals surface area contributed by atoms with Gasteiger partial charge in [-0.15, -0.1) is 0 Å². The van der Waals surface area contributed by atoms with Crippen molar-refractivity contribution in [1.29, 1.82) is 0 Å². The summed E-state index contributed by atoms with van der Waals surface area (Å²) >= 11 is 0. The average Bonchev–Trinajstić information content (AvgIpc) is 3.64. The molecule has 0 saturated heterocycles. The quantitative estimate of drug-likeness (QED) is 0.384. The maximum absolute atomic E-state index is 14.2. The van der Waals surface area contributed by atoms with E-state index in [-0.39, 0.29) is 19.1 Å². The Morgan fingerprint density at radius 3 is 2.81 bits per heavy atom. The first kappa shape index (κ1) is 22.3. The lowest BCUT2D eigenvalue weighted by Crippen LogP contribution is -2.42. The first-order chi connectivity index (χ1) is 17.3. The van der Waals surface area contributed by atoms with Crippen LogP contribution in [0.5, 0.6) is 11.5 Å². The predicted octanol–water partition coefficient (Wildman–Crippen LogP) is 5.47. The van der Waals surface area contributed by atoms with Gasteiger partial charge in [0.1, 0.15) is 23.5 Å². The molecule has 1 amide bonds. The van der Waals surface area contributed by atoms with Gasteiger partial charge in [0.15, 0.2) is 5.76 Å². The number of halogens is 3. The van der Waals surface area contributed by atoms with E-state index in [9.17, 15) is 18.0 Å². The molecule has 3 aromatic rings. The minimum absolute atomic E-state index is 0.00739. The molecule has 3 aliphatic rings. The van der Waals surface area contributed by atoms with E-state index in [1.165, 1.54) is 11.0 Å². The smallest absolute Gasteiger partial charge is 0.448 e. The Balaban J connectivity index is 1.48. The van der Waals surface area contributed by atoms with Crippen molar-refractivity contribution in [2.45, 2.75) is 18.0 Å². The second-order valence-corrected chi connectivity index (χ2v) is 8.85. The van der Waals surface area contributed by atoms with Crippen LogP contribution in [0.1, 0.15) is 16.7 Å². The summed E-state index contributed by atoms with van der Waals surface area (Å²) in [4.78, 5) is 15.7. The van der Waals surface area contributed by atoms with Gasteiger partial charge in [-0.2, -0.15) is 13.2 Å². The first-order valence-corrected chi connectivity index (χ1v) is 11.3. The normalized spacial score (nSPS) is 20.6. The monoisotopic (exact) mass is 495 g/mol. The molecule has 4 heterocycles. The topological polar surface area (TPSA) is 72.1 Å². The van der Waals surface area contributed by atoms with Crippen molar-refractivity contribution in [3.63, 3.8) is 0 Å². The number of nitrogens with zero attached hydrogens (tertiary/aromatic N) is 1. The number of ether oxygens (including phenoxy) is 2. The Labute approximate surface area is 203 Å². The van der Waals surface area contributed by atoms with Crippen molar-refractivity contribution in [3.8, 4) is 22.6 Å². The Morgan fingerprint density at radius 1 is 1.17 bits per heavy atom. The van der Waals surface area contributed by atoms with Gasteiger partial charge >= 0.3 is 6.18 Å². The molecular weight excluding hydrogens is 475 g/mol. The fourth-order valence-corrected chi connectivity index (χ4v) is 5.23. The molecule has 0 radical (unpaired) electrons. The molecule has 0 aliphatic carbocycles. The number of furan rings is 1. The van der Waals surface area contributed by atoms with E-state index < -0.39 is 17.4 Å². The molecule has 1 aromatic heterocycles. The van der Waals surface area contributed by atoms with E-state index >= 15 is 0 Å². The van der Waals surface area contributed by atoms with Crippen molar-refractivity contribution in [3.05, 3.63) is 89.6 Å². The maximum atomic E-state index is 14.2. The maximum Gasteiger partial charge on any atom is 0.448 e. The lowest BCUT2D eigenvalue weighted by Gasteiger charge is -2.24. The van der Waals surface area contributed by atoms with Gasteiger partial charge in [0.25, 0.3) is 0 Å². The van der Waals surface area contributed by atoms with Gasteiger partial charge in [-0.05, 0) is 35.4 Å². The molecule has 1 atom stereocenters. The number of benzene rings is 2. The minimum Gasteiger partial charge on any atom is -0.504 e. The van der Waals surface area contributed by atoms with Crippen LogP contribution in [0.2, 0.25) is 0 Å².